The molecule has 0 amide bonds. The summed E-state index contributed by atoms with van der Waals surface area (Å²) >= 11 is 0. The van der Waals surface area contributed by atoms with E-state index in [9.17, 15) is 4.39 Å². The van der Waals surface area contributed by atoms with Gasteiger partial charge in [-0.15, -0.1) is 0 Å². The number of rotatable bonds is 2. The van der Waals surface area contributed by atoms with E-state index in [0.29, 0.717) is 17.6 Å². The molecule has 3 nitrogen and oxygen atoms in total. The van der Waals surface area contributed by atoms with Crippen molar-refractivity contribution in [3.8, 4) is 0 Å². The molecule has 0 aliphatic carbocycles. The van der Waals surface area contributed by atoms with Gasteiger partial charge in [0.25, 0.3) is 0 Å². The normalized spacial score (nSPS) is 31.4. The number of aryl methyl sites for hydroxylation is 1. The number of allylic oxidation sites excluding steroid dienone is 1. The zero-order valence-corrected chi connectivity index (χ0v) is 12.9. The van der Waals surface area contributed by atoms with Gasteiger partial charge >= 0.3 is 0 Å². The van der Waals surface area contributed by atoms with E-state index in [4.69, 9.17) is 0 Å². The summed E-state index contributed by atoms with van der Waals surface area (Å²) in [6.45, 7) is 6.08. The highest BCUT2D eigenvalue weighted by Crippen LogP contribution is 2.27. The van der Waals surface area contributed by atoms with Crippen molar-refractivity contribution in [1.29, 1.82) is 0 Å². The maximum atomic E-state index is 13.5. The first-order chi connectivity index (χ1) is 10.7. The van der Waals surface area contributed by atoms with Crippen LogP contribution >= 0.6 is 0 Å². The van der Waals surface area contributed by atoms with Crippen LogP contribution in [-0.2, 0) is 0 Å². The average molecular weight is 299 g/mol. The Bertz CT molecular complexity index is 625. The first-order valence-corrected chi connectivity index (χ1v) is 8.14. The van der Waals surface area contributed by atoms with Crippen molar-refractivity contribution >= 4 is 11.8 Å². The van der Waals surface area contributed by atoms with Crippen molar-refractivity contribution in [2.75, 3.05) is 26.2 Å². The number of nitrogens with zero attached hydrogens (tertiary/aromatic N) is 2. The fourth-order valence-electron chi connectivity index (χ4n) is 3.92. The first-order valence-electron chi connectivity index (χ1n) is 8.14. The lowest BCUT2D eigenvalue weighted by Gasteiger charge is -2.36. The van der Waals surface area contributed by atoms with Gasteiger partial charge in [-0.25, -0.2) is 4.39 Å². The monoisotopic (exact) mass is 299 g/mol. The van der Waals surface area contributed by atoms with Crippen LogP contribution in [0.4, 0.5) is 4.39 Å². The summed E-state index contributed by atoms with van der Waals surface area (Å²) in [5.41, 5.74) is 2.87. The summed E-state index contributed by atoms with van der Waals surface area (Å²) in [6, 6.07) is 6.33. The van der Waals surface area contributed by atoms with Gasteiger partial charge in [0.05, 0.1) is 6.54 Å². The zero-order chi connectivity index (χ0) is 15.1. The molecule has 116 valence electrons. The molecule has 0 radical (unpaired) electrons. The molecular weight excluding hydrogens is 277 g/mol. The Morgan fingerprint density at radius 1 is 1.32 bits per heavy atom. The molecule has 3 atom stereocenters. The van der Waals surface area contributed by atoms with Gasteiger partial charge in [0.15, 0.2) is 0 Å². The maximum absolute atomic E-state index is 13.5. The van der Waals surface area contributed by atoms with Gasteiger partial charge in [-0.3, -0.25) is 9.89 Å². The summed E-state index contributed by atoms with van der Waals surface area (Å²) in [7, 11) is 0. The van der Waals surface area contributed by atoms with E-state index in [1.807, 2.05) is 25.3 Å². The van der Waals surface area contributed by atoms with Crippen molar-refractivity contribution in [3.05, 3.63) is 41.2 Å². The molecule has 1 aromatic rings. The standard InChI is InChI=1S/C18H22FN3/c1-12-4-14(2-3-18(12)19)15-6-17(9-20-8-15)22-10-13-5-16(11-22)21-7-13/h2-4,6,8,13,16-17,21H,5,7,9-11H2,1H3. The van der Waals surface area contributed by atoms with E-state index < -0.39 is 0 Å². The van der Waals surface area contributed by atoms with Gasteiger partial charge in [-0.1, -0.05) is 12.1 Å². The van der Waals surface area contributed by atoms with Crippen LogP contribution in [0, 0.1) is 18.7 Å². The molecule has 2 saturated heterocycles. The molecule has 1 N–H and O–H groups in total. The molecule has 0 aromatic heterocycles. The highest BCUT2D eigenvalue weighted by Gasteiger charge is 2.35. The minimum absolute atomic E-state index is 0.146. The summed E-state index contributed by atoms with van der Waals surface area (Å²) in [4.78, 5) is 7.13. The third-order valence-corrected chi connectivity index (χ3v) is 5.12. The SMILES string of the molecule is Cc1cc(C2=CC(N3CC4CNC(C4)C3)CN=C2)ccc1F. The van der Waals surface area contributed by atoms with E-state index >= 15 is 0 Å². The Morgan fingerprint density at radius 3 is 3.05 bits per heavy atom. The highest BCUT2D eigenvalue weighted by atomic mass is 19.1. The molecule has 3 unspecified atom stereocenters. The van der Waals surface area contributed by atoms with Gasteiger partial charge in [-0.2, -0.15) is 0 Å². The van der Waals surface area contributed by atoms with Gasteiger partial charge in [0, 0.05) is 31.4 Å². The summed E-state index contributed by atoms with van der Waals surface area (Å²) < 4.78 is 13.5. The van der Waals surface area contributed by atoms with Crippen molar-refractivity contribution in [2.24, 2.45) is 10.9 Å². The number of hydrogen-bond acceptors (Lipinski definition) is 3. The summed E-state index contributed by atoms with van der Waals surface area (Å²) in [5, 5.41) is 3.60. The van der Waals surface area contributed by atoms with Crippen LogP contribution in [0.15, 0.2) is 29.3 Å². The number of hydrogen-bond donors (Lipinski definition) is 1. The van der Waals surface area contributed by atoms with Crippen LogP contribution in [0.2, 0.25) is 0 Å². The van der Waals surface area contributed by atoms with E-state index in [-0.39, 0.29) is 5.82 Å². The van der Waals surface area contributed by atoms with E-state index in [1.54, 1.807) is 6.07 Å². The third kappa shape index (κ3) is 2.61. The fourth-order valence-corrected chi connectivity index (χ4v) is 3.92. The Morgan fingerprint density at radius 2 is 2.23 bits per heavy atom. The summed E-state index contributed by atoms with van der Waals surface area (Å²) in [5.74, 6) is 0.641. The second-order valence-electron chi connectivity index (χ2n) is 6.81. The lowest BCUT2D eigenvalue weighted by atomic mass is 9.95. The highest BCUT2D eigenvalue weighted by molar-refractivity contribution is 6.10. The molecule has 3 aliphatic rings. The lowest BCUT2D eigenvalue weighted by molar-refractivity contribution is 0.163. The minimum atomic E-state index is -0.146. The molecule has 22 heavy (non-hydrogen) atoms. The molecule has 4 rings (SSSR count). The van der Waals surface area contributed by atoms with E-state index in [0.717, 1.165) is 43.2 Å². The van der Waals surface area contributed by atoms with Crippen LogP contribution in [0.25, 0.3) is 5.57 Å². The number of piperidine rings is 1. The molecule has 0 spiro atoms. The Labute approximate surface area is 130 Å². The van der Waals surface area contributed by atoms with Crippen LogP contribution in [0.3, 0.4) is 0 Å². The van der Waals surface area contributed by atoms with Crippen LogP contribution < -0.4 is 5.32 Å². The van der Waals surface area contributed by atoms with Gasteiger partial charge in [0.2, 0.25) is 0 Å². The van der Waals surface area contributed by atoms with Gasteiger partial charge in [-0.05, 0) is 54.6 Å². The van der Waals surface area contributed by atoms with Crippen LogP contribution in [-0.4, -0.2) is 49.4 Å². The molecule has 4 heteroatoms. The van der Waals surface area contributed by atoms with E-state index in [2.05, 4.69) is 21.3 Å². The van der Waals surface area contributed by atoms with Crippen molar-refractivity contribution in [1.82, 2.24) is 10.2 Å². The number of benzene rings is 1. The third-order valence-electron chi connectivity index (χ3n) is 5.12. The predicted octanol–water partition coefficient (Wildman–Crippen LogP) is 2.26. The molecule has 0 saturated carbocycles. The maximum Gasteiger partial charge on any atom is 0.126 e. The predicted molar refractivity (Wildman–Crippen MR) is 87.7 cm³/mol. The van der Waals surface area contributed by atoms with Gasteiger partial charge in [0.1, 0.15) is 5.82 Å². The minimum Gasteiger partial charge on any atom is -0.312 e. The second kappa shape index (κ2) is 5.60. The molecule has 2 bridgehead atoms. The number of halogens is 1. The number of fused-ring (bicyclic) bond motifs is 2. The number of nitrogens with one attached hydrogen (secondary N) is 1. The first kappa shape index (κ1) is 14.1. The van der Waals surface area contributed by atoms with Gasteiger partial charge < -0.3 is 5.32 Å². The average Bonchev–Trinajstić information content (AvgIpc) is 2.88. The molecule has 3 aliphatic heterocycles. The largest absolute Gasteiger partial charge is 0.312 e. The topological polar surface area (TPSA) is 27.6 Å². The van der Waals surface area contributed by atoms with Crippen molar-refractivity contribution in [3.63, 3.8) is 0 Å². The van der Waals surface area contributed by atoms with Crippen LogP contribution in [0.5, 0.6) is 0 Å². The zero-order valence-electron chi connectivity index (χ0n) is 12.9. The molecule has 3 heterocycles. The fraction of sp³-hybridized carbons (Fsp3) is 0.500. The summed E-state index contributed by atoms with van der Waals surface area (Å²) in [6.07, 6.45) is 5.56. The molecular formula is C18H22FN3. The van der Waals surface area contributed by atoms with Crippen LogP contribution in [0.1, 0.15) is 17.5 Å². The van der Waals surface area contributed by atoms with E-state index in [1.165, 1.54) is 6.42 Å². The lowest BCUT2D eigenvalue weighted by Crippen LogP contribution is -2.47. The Balaban J connectivity index is 1.56. The Hall–Kier alpha value is -1.52. The molecule has 1 aromatic carbocycles. The quantitative estimate of drug-likeness (QED) is 0.907. The number of aliphatic imine (C=N–C) groups is 1. The smallest absolute Gasteiger partial charge is 0.126 e. The number of dihydropyridines is 1. The number of likely N-dealkylation sites (tertiary alicyclic amines) is 1. The second-order valence-corrected chi connectivity index (χ2v) is 6.81. The Kier molecular flexibility index (Phi) is 3.59. The van der Waals surface area contributed by atoms with Crippen molar-refractivity contribution in [2.45, 2.75) is 25.4 Å². The molecule has 2 fully saturated rings. The van der Waals surface area contributed by atoms with Crippen molar-refractivity contribution < 1.29 is 4.39 Å².